The molecule has 0 fully saturated rings. The van der Waals surface area contributed by atoms with E-state index in [4.69, 9.17) is 10.2 Å². The number of benzene rings is 1. The number of hydrogen-bond acceptors (Lipinski definition) is 3. The van der Waals surface area contributed by atoms with Crippen LogP contribution in [0.25, 0.3) is 11.3 Å². The highest BCUT2D eigenvalue weighted by Gasteiger charge is 2.07. The van der Waals surface area contributed by atoms with E-state index in [0.717, 1.165) is 21.5 Å². The molecule has 1 aromatic heterocycles. The Morgan fingerprint density at radius 3 is 2.79 bits per heavy atom. The Bertz CT molecular complexity index is 465. The lowest BCUT2D eigenvalue weighted by atomic mass is 10.1. The number of aryl methyl sites for hydroxylation is 1. The van der Waals surface area contributed by atoms with Gasteiger partial charge in [-0.05, 0) is 35.0 Å². The van der Waals surface area contributed by atoms with Crippen LogP contribution in [0.5, 0.6) is 0 Å². The standard InChI is InChI=1S/C10H9BrN2O/c1-6-10(13-5-14-6)7-2-3-8(11)9(12)4-7/h2-5H,12H2,1H3. The normalized spacial score (nSPS) is 10.4. The monoisotopic (exact) mass is 252 g/mol. The van der Waals surface area contributed by atoms with E-state index in [9.17, 15) is 0 Å². The fraction of sp³-hybridized carbons (Fsp3) is 0.100. The van der Waals surface area contributed by atoms with Crippen LogP contribution < -0.4 is 5.73 Å². The molecule has 0 aliphatic rings. The van der Waals surface area contributed by atoms with Gasteiger partial charge in [-0.2, -0.15) is 0 Å². The van der Waals surface area contributed by atoms with Crippen molar-refractivity contribution in [2.75, 3.05) is 5.73 Å². The Labute approximate surface area is 90.1 Å². The highest BCUT2D eigenvalue weighted by atomic mass is 79.9. The summed E-state index contributed by atoms with van der Waals surface area (Å²) in [5.41, 5.74) is 8.28. The first kappa shape index (κ1) is 9.27. The first-order valence-corrected chi connectivity index (χ1v) is 4.93. The van der Waals surface area contributed by atoms with Crippen LogP contribution in [0.4, 0.5) is 5.69 Å². The minimum atomic E-state index is 0.699. The molecule has 0 aliphatic carbocycles. The summed E-state index contributed by atoms with van der Waals surface area (Å²) in [7, 11) is 0. The van der Waals surface area contributed by atoms with Crippen molar-refractivity contribution >= 4 is 21.6 Å². The van der Waals surface area contributed by atoms with Crippen molar-refractivity contribution in [3.8, 4) is 11.3 Å². The van der Waals surface area contributed by atoms with Gasteiger partial charge in [0, 0.05) is 15.7 Å². The maximum absolute atomic E-state index is 5.77. The van der Waals surface area contributed by atoms with Gasteiger partial charge in [-0.1, -0.05) is 6.07 Å². The number of nitrogens with zero attached hydrogens (tertiary/aromatic N) is 1. The average Bonchev–Trinajstić information content (AvgIpc) is 2.57. The largest absolute Gasteiger partial charge is 0.448 e. The van der Waals surface area contributed by atoms with Gasteiger partial charge < -0.3 is 10.2 Å². The van der Waals surface area contributed by atoms with Gasteiger partial charge in [0.25, 0.3) is 0 Å². The number of nitrogen functional groups attached to an aromatic ring is 1. The Balaban J connectivity index is 2.53. The maximum Gasteiger partial charge on any atom is 0.181 e. The van der Waals surface area contributed by atoms with Crippen LogP contribution in [0.15, 0.2) is 33.5 Å². The Morgan fingerprint density at radius 2 is 2.21 bits per heavy atom. The molecule has 4 heteroatoms. The molecule has 0 aliphatic heterocycles. The predicted octanol–water partition coefficient (Wildman–Crippen LogP) is 2.99. The molecule has 2 N–H and O–H groups in total. The topological polar surface area (TPSA) is 52.0 Å². The number of anilines is 1. The third-order valence-corrected chi connectivity index (χ3v) is 2.74. The summed E-state index contributed by atoms with van der Waals surface area (Å²) in [6, 6.07) is 5.72. The zero-order valence-corrected chi connectivity index (χ0v) is 9.21. The van der Waals surface area contributed by atoms with Crippen LogP contribution in [0.3, 0.4) is 0 Å². The third kappa shape index (κ3) is 1.53. The molecule has 0 radical (unpaired) electrons. The fourth-order valence-electron chi connectivity index (χ4n) is 1.27. The second-order valence-electron chi connectivity index (χ2n) is 2.99. The van der Waals surface area contributed by atoms with E-state index >= 15 is 0 Å². The second kappa shape index (κ2) is 3.46. The third-order valence-electron chi connectivity index (χ3n) is 2.01. The molecular formula is C10H9BrN2O. The van der Waals surface area contributed by atoms with Crippen LogP contribution in [0.2, 0.25) is 0 Å². The molecular weight excluding hydrogens is 244 g/mol. The van der Waals surface area contributed by atoms with Crippen molar-refractivity contribution < 1.29 is 4.42 Å². The van der Waals surface area contributed by atoms with Crippen LogP contribution in [-0.2, 0) is 0 Å². The molecule has 0 spiro atoms. The average molecular weight is 253 g/mol. The molecule has 1 aromatic carbocycles. The molecule has 0 unspecified atom stereocenters. The molecule has 0 saturated carbocycles. The van der Waals surface area contributed by atoms with Gasteiger partial charge in [-0.15, -0.1) is 0 Å². The van der Waals surface area contributed by atoms with Crippen molar-refractivity contribution in [1.82, 2.24) is 4.98 Å². The summed E-state index contributed by atoms with van der Waals surface area (Å²) < 4.78 is 6.02. The van der Waals surface area contributed by atoms with Gasteiger partial charge in [0.1, 0.15) is 11.5 Å². The van der Waals surface area contributed by atoms with Gasteiger partial charge >= 0.3 is 0 Å². The minimum Gasteiger partial charge on any atom is -0.448 e. The van der Waals surface area contributed by atoms with E-state index in [1.54, 1.807) is 0 Å². The van der Waals surface area contributed by atoms with Gasteiger partial charge in [-0.25, -0.2) is 4.98 Å². The number of rotatable bonds is 1. The lowest BCUT2D eigenvalue weighted by Gasteiger charge is -2.01. The smallest absolute Gasteiger partial charge is 0.181 e. The van der Waals surface area contributed by atoms with Crippen LogP contribution >= 0.6 is 15.9 Å². The summed E-state index contributed by atoms with van der Waals surface area (Å²) >= 11 is 3.34. The lowest BCUT2D eigenvalue weighted by Crippen LogP contribution is -1.88. The Kier molecular flexibility index (Phi) is 2.29. The number of nitrogens with two attached hydrogens (primary N) is 1. The maximum atomic E-state index is 5.77. The van der Waals surface area contributed by atoms with Gasteiger partial charge in [0.2, 0.25) is 0 Å². The van der Waals surface area contributed by atoms with E-state index < -0.39 is 0 Å². The molecule has 0 bridgehead atoms. The number of aromatic nitrogens is 1. The second-order valence-corrected chi connectivity index (χ2v) is 3.85. The van der Waals surface area contributed by atoms with Crippen LogP contribution in [0.1, 0.15) is 5.76 Å². The van der Waals surface area contributed by atoms with Crippen molar-refractivity contribution in [2.45, 2.75) is 6.92 Å². The summed E-state index contributed by atoms with van der Waals surface area (Å²) in [5, 5.41) is 0. The van der Waals surface area contributed by atoms with E-state index in [2.05, 4.69) is 20.9 Å². The van der Waals surface area contributed by atoms with E-state index in [1.165, 1.54) is 6.39 Å². The summed E-state index contributed by atoms with van der Waals surface area (Å²) in [4.78, 5) is 4.12. The van der Waals surface area contributed by atoms with E-state index in [-0.39, 0.29) is 0 Å². The molecule has 72 valence electrons. The van der Waals surface area contributed by atoms with Gasteiger partial charge in [0.15, 0.2) is 6.39 Å². The first-order chi connectivity index (χ1) is 6.68. The number of oxazole rings is 1. The van der Waals surface area contributed by atoms with Crippen molar-refractivity contribution in [1.29, 1.82) is 0 Å². The summed E-state index contributed by atoms with van der Waals surface area (Å²) in [6.45, 7) is 1.88. The molecule has 0 amide bonds. The molecule has 2 aromatic rings. The molecule has 1 heterocycles. The Morgan fingerprint density at radius 1 is 1.43 bits per heavy atom. The molecule has 2 rings (SSSR count). The quantitative estimate of drug-likeness (QED) is 0.795. The highest BCUT2D eigenvalue weighted by molar-refractivity contribution is 9.10. The SMILES string of the molecule is Cc1ocnc1-c1ccc(Br)c(N)c1. The van der Waals surface area contributed by atoms with Gasteiger partial charge in [-0.3, -0.25) is 0 Å². The summed E-state index contributed by atoms with van der Waals surface area (Å²) in [6.07, 6.45) is 1.43. The molecule has 0 atom stereocenters. The molecule has 0 saturated heterocycles. The van der Waals surface area contributed by atoms with Crippen molar-refractivity contribution in [2.24, 2.45) is 0 Å². The van der Waals surface area contributed by atoms with E-state index in [0.29, 0.717) is 5.69 Å². The summed E-state index contributed by atoms with van der Waals surface area (Å²) in [5.74, 6) is 0.798. The highest BCUT2D eigenvalue weighted by Crippen LogP contribution is 2.27. The van der Waals surface area contributed by atoms with Crippen molar-refractivity contribution in [3.63, 3.8) is 0 Å². The molecule has 14 heavy (non-hydrogen) atoms. The lowest BCUT2D eigenvalue weighted by molar-refractivity contribution is 0.527. The fourth-order valence-corrected chi connectivity index (χ4v) is 1.52. The Hall–Kier alpha value is -1.29. The number of hydrogen-bond donors (Lipinski definition) is 1. The zero-order valence-electron chi connectivity index (χ0n) is 7.62. The van der Waals surface area contributed by atoms with Crippen LogP contribution in [-0.4, -0.2) is 4.98 Å². The first-order valence-electron chi connectivity index (χ1n) is 4.14. The predicted molar refractivity (Wildman–Crippen MR) is 58.8 cm³/mol. The zero-order chi connectivity index (χ0) is 10.1. The van der Waals surface area contributed by atoms with Crippen molar-refractivity contribution in [3.05, 3.63) is 34.8 Å². The van der Waals surface area contributed by atoms with Crippen LogP contribution in [0, 0.1) is 6.92 Å². The van der Waals surface area contributed by atoms with E-state index in [1.807, 2.05) is 25.1 Å². The molecule has 3 nitrogen and oxygen atoms in total. The minimum absolute atomic E-state index is 0.699. The van der Waals surface area contributed by atoms with Gasteiger partial charge in [0.05, 0.1) is 0 Å². The number of halogens is 1.